The minimum atomic E-state index is 0.281. The quantitative estimate of drug-likeness (QED) is 0.381. The van der Waals surface area contributed by atoms with Crippen LogP contribution in [0.1, 0.15) is 33.1 Å². The van der Waals surface area contributed by atoms with Gasteiger partial charge in [-0.15, -0.1) is 0 Å². The monoisotopic (exact) mass is 233 g/mol. The van der Waals surface area contributed by atoms with Gasteiger partial charge in [0.05, 0.1) is 19.3 Å². The summed E-state index contributed by atoms with van der Waals surface area (Å²) in [6.07, 6.45) is 3.73. The summed E-state index contributed by atoms with van der Waals surface area (Å²) in [5.74, 6) is 0. The minimum absolute atomic E-state index is 0.281. The molecule has 1 saturated carbocycles. The first-order valence-electron chi connectivity index (χ1n) is 5.85. The van der Waals surface area contributed by atoms with E-state index < -0.39 is 0 Å². The Morgan fingerprint density at radius 2 is 2.07 bits per heavy atom. The van der Waals surface area contributed by atoms with Crippen molar-refractivity contribution in [1.82, 2.24) is 5.32 Å². The summed E-state index contributed by atoms with van der Waals surface area (Å²) < 4.78 is 11.0. The molecule has 0 aromatic rings. The van der Waals surface area contributed by atoms with Gasteiger partial charge in [0, 0.05) is 18.0 Å². The molecule has 1 aliphatic carbocycles. The van der Waals surface area contributed by atoms with E-state index in [1.165, 1.54) is 0 Å². The molecular formula is C11H23NO2S. The normalized spacial score (nSPS) is 27.4. The summed E-state index contributed by atoms with van der Waals surface area (Å²) in [6, 6.07) is 0.596. The number of nitrogens with one attached hydrogen (secondary N) is 1. The molecule has 0 aromatic heterocycles. The highest BCUT2D eigenvalue weighted by atomic mass is 32.1. The maximum atomic E-state index is 5.65. The fraction of sp³-hybridized carbons (Fsp3) is 1.00. The molecule has 0 spiro atoms. The predicted octanol–water partition coefficient (Wildman–Crippen LogP) is 1.83. The van der Waals surface area contributed by atoms with Gasteiger partial charge in [0.2, 0.25) is 0 Å². The number of thiol groups is 1. The molecule has 0 bridgehead atoms. The first-order chi connectivity index (χ1) is 7.22. The molecule has 1 fully saturated rings. The third-order valence-corrected chi connectivity index (χ3v) is 2.65. The van der Waals surface area contributed by atoms with E-state index in [9.17, 15) is 0 Å². The lowest BCUT2D eigenvalue weighted by molar-refractivity contribution is -0.0418. The van der Waals surface area contributed by atoms with E-state index in [0.29, 0.717) is 12.1 Å². The zero-order valence-corrected chi connectivity index (χ0v) is 10.6. The smallest absolute Gasteiger partial charge is 0.0704 e. The van der Waals surface area contributed by atoms with Crippen LogP contribution in [0.3, 0.4) is 0 Å². The molecule has 0 radical (unpaired) electrons. The molecule has 1 atom stereocenters. The lowest BCUT2D eigenvalue weighted by Gasteiger charge is -2.36. The van der Waals surface area contributed by atoms with Crippen molar-refractivity contribution in [2.24, 2.45) is 0 Å². The highest BCUT2D eigenvalue weighted by Gasteiger charge is 2.29. The van der Waals surface area contributed by atoms with Gasteiger partial charge in [0.1, 0.15) is 0 Å². The van der Waals surface area contributed by atoms with Crippen LogP contribution < -0.4 is 5.32 Å². The molecular weight excluding hydrogens is 210 g/mol. The second-order valence-electron chi connectivity index (χ2n) is 4.12. The minimum Gasteiger partial charge on any atom is -0.379 e. The molecule has 0 heterocycles. The van der Waals surface area contributed by atoms with Crippen molar-refractivity contribution >= 4 is 12.6 Å². The number of rotatable bonds is 8. The van der Waals surface area contributed by atoms with Gasteiger partial charge >= 0.3 is 0 Å². The average molecular weight is 233 g/mol. The largest absolute Gasteiger partial charge is 0.379 e. The van der Waals surface area contributed by atoms with Gasteiger partial charge in [-0.05, 0) is 26.2 Å². The molecule has 1 rings (SSSR count). The van der Waals surface area contributed by atoms with Gasteiger partial charge in [-0.1, -0.05) is 6.92 Å². The van der Waals surface area contributed by atoms with Crippen molar-refractivity contribution in [3.8, 4) is 0 Å². The van der Waals surface area contributed by atoms with Gasteiger partial charge in [0.25, 0.3) is 0 Å². The zero-order valence-electron chi connectivity index (χ0n) is 9.74. The van der Waals surface area contributed by atoms with Gasteiger partial charge < -0.3 is 14.8 Å². The highest BCUT2D eigenvalue weighted by Crippen LogP contribution is 2.23. The van der Waals surface area contributed by atoms with E-state index in [1.807, 2.05) is 0 Å². The van der Waals surface area contributed by atoms with E-state index in [-0.39, 0.29) is 5.37 Å². The maximum Gasteiger partial charge on any atom is 0.0704 e. The molecule has 0 saturated heterocycles. The van der Waals surface area contributed by atoms with Crippen LogP contribution >= 0.6 is 12.6 Å². The van der Waals surface area contributed by atoms with Crippen molar-refractivity contribution in [1.29, 1.82) is 0 Å². The molecule has 1 aliphatic rings. The maximum absolute atomic E-state index is 5.65. The summed E-state index contributed by atoms with van der Waals surface area (Å²) >= 11 is 4.29. The molecule has 4 heteroatoms. The fourth-order valence-electron chi connectivity index (χ4n) is 1.70. The van der Waals surface area contributed by atoms with Crippen molar-refractivity contribution in [3.05, 3.63) is 0 Å². The van der Waals surface area contributed by atoms with Crippen LogP contribution in [0, 0.1) is 0 Å². The first kappa shape index (κ1) is 13.3. The van der Waals surface area contributed by atoms with E-state index >= 15 is 0 Å². The van der Waals surface area contributed by atoms with Gasteiger partial charge in [-0.3, -0.25) is 0 Å². The summed E-state index contributed by atoms with van der Waals surface area (Å²) in [7, 11) is 0. The third-order valence-electron chi connectivity index (χ3n) is 2.50. The Bertz CT molecular complexity index is 161. The average Bonchev–Trinajstić information content (AvgIpc) is 2.12. The second-order valence-corrected chi connectivity index (χ2v) is 4.89. The van der Waals surface area contributed by atoms with E-state index in [0.717, 1.165) is 39.1 Å². The van der Waals surface area contributed by atoms with E-state index in [1.54, 1.807) is 0 Å². The van der Waals surface area contributed by atoms with Crippen molar-refractivity contribution in [2.75, 3.05) is 19.8 Å². The van der Waals surface area contributed by atoms with Crippen LogP contribution in [0.4, 0.5) is 0 Å². The Labute approximate surface area is 98.3 Å². The molecule has 1 unspecified atom stereocenters. The predicted molar refractivity (Wildman–Crippen MR) is 65.5 cm³/mol. The lowest BCUT2D eigenvalue weighted by Crippen LogP contribution is -2.47. The van der Waals surface area contributed by atoms with E-state index in [2.05, 4.69) is 31.8 Å². The molecule has 90 valence electrons. The van der Waals surface area contributed by atoms with Gasteiger partial charge in [-0.25, -0.2) is 0 Å². The summed E-state index contributed by atoms with van der Waals surface area (Å²) in [4.78, 5) is 0. The highest BCUT2D eigenvalue weighted by molar-refractivity contribution is 7.80. The molecule has 15 heavy (non-hydrogen) atoms. The van der Waals surface area contributed by atoms with Crippen molar-refractivity contribution < 1.29 is 9.47 Å². The lowest BCUT2D eigenvalue weighted by atomic mass is 9.89. The second kappa shape index (κ2) is 7.49. The van der Waals surface area contributed by atoms with Crippen molar-refractivity contribution in [2.45, 2.75) is 50.6 Å². The number of ether oxygens (including phenoxy) is 2. The fourth-order valence-corrected chi connectivity index (χ4v) is 1.91. The van der Waals surface area contributed by atoms with Crippen LogP contribution in [0.25, 0.3) is 0 Å². The van der Waals surface area contributed by atoms with E-state index in [4.69, 9.17) is 9.47 Å². The third kappa shape index (κ3) is 5.76. The summed E-state index contributed by atoms with van der Waals surface area (Å²) in [6.45, 7) is 6.46. The Kier molecular flexibility index (Phi) is 6.64. The summed E-state index contributed by atoms with van der Waals surface area (Å²) in [5, 5.41) is 3.65. The Balaban J connectivity index is 1.85. The topological polar surface area (TPSA) is 30.5 Å². The molecule has 1 N–H and O–H groups in total. The molecule has 3 nitrogen and oxygen atoms in total. The Morgan fingerprint density at radius 1 is 1.33 bits per heavy atom. The van der Waals surface area contributed by atoms with Crippen LogP contribution in [0.5, 0.6) is 0 Å². The van der Waals surface area contributed by atoms with Crippen molar-refractivity contribution in [3.63, 3.8) is 0 Å². The summed E-state index contributed by atoms with van der Waals surface area (Å²) in [5.41, 5.74) is 0. The molecule has 0 aromatic carbocycles. The Morgan fingerprint density at radius 3 is 2.67 bits per heavy atom. The Hall–Kier alpha value is 0.230. The van der Waals surface area contributed by atoms with Gasteiger partial charge in [0.15, 0.2) is 0 Å². The zero-order chi connectivity index (χ0) is 11.1. The molecule has 0 aliphatic heterocycles. The SMILES string of the molecule is CCCOCCOC1CC(NC(C)S)C1. The van der Waals surface area contributed by atoms with Gasteiger partial charge in [-0.2, -0.15) is 12.6 Å². The number of hydrogen-bond donors (Lipinski definition) is 2. The van der Waals surface area contributed by atoms with Crippen LogP contribution in [-0.4, -0.2) is 37.3 Å². The first-order valence-corrected chi connectivity index (χ1v) is 6.37. The standard InChI is InChI=1S/C11H23NO2S/c1-3-4-13-5-6-14-11-7-10(8-11)12-9(2)15/h9-12,15H,3-8H2,1-2H3. The number of hydrogen-bond acceptors (Lipinski definition) is 4. The van der Waals surface area contributed by atoms with Crippen LogP contribution in [0.2, 0.25) is 0 Å². The van der Waals surface area contributed by atoms with Crippen LogP contribution in [-0.2, 0) is 9.47 Å². The van der Waals surface area contributed by atoms with Crippen LogP contribution in [0.15, 0.2) is 0 Å². The molecule has 0 amide bonds.